The summed E-state index contributed by atoms with van der Waals surface area (Å²) in [5.41, 5.74) is 4.30. The molecule has 1 aliphatic heterocycles. The fraction of sp³-hybridized carbons (Fsp3) is 0.300. The number of halogens is 1. The van der Waals surface area contributed by atoms with E-state index in [0.717, 1.165) is 37.2 Å². The van der Waals surface area contributed by atoms with Crippen molar-refractivity contribution in [3.05, 3.63) is 70.3 Å². The summed E-state index contributed by atoms with van der Waals surface area (Å²) >= 11 is 6.35. The van der Waals surface area contributed by atoms with Crippen molar-refractivity contribution < 1.29 is 10.2 Å². The molecule has 0 unspecified atom stereocenters. The lowest BCUT2D eigenvalue weighted by molar-refractivity contribution is 0.306. The van der Waals surface area contributed by atoms with Crippen LogP contribution in [0.25, 0.3) is 0 Å². The van der Waals surface area contributed by atoms with Gasteiger partial charge in [0.25, 0.3) is 0 Å². The van der Waals surface area contributed by atoms with Crippen molar-refractivity contribution in [1.29, 1.82) is 0 Å². The summed E-state index contributed by atoms with van der Waals surface area (Å²) in [7, 11) is 0. The summed E-state index contributed by atoms with van der Waals surface area (Å²) in [5, 5.41) is 20.4. The van der Waals surface area contributed by atoms with Crippen LogP contribution in [0.5, 0.6) is 11.5 Å². The number of phenols is 2. The number of hydrogen-bond acceptors (Lipinski definition) is 3. The number of hydrogen-bond donors (Lipinski definition) is 2. The summed E-state index contributed by atoms with van der Waals surface area (Å²) in [6.07, 6.45) is 2.64. The van der Waals surface area contributed by atoms with E-state index in [4.69, 9.17) is 11.6 Å². The van der Waals surface area contributed by atoms with Crippen LogP contribution >= 0.6 is 11.6 Å². The van der Waals surface area contributed by atoms with E-state index in [1.54, 1.807) is 6.07 Å². The maximum atomic E-state index is 10.1. The van der Waals surface area contributed by atoms with Gasteiger partial charge in [0.15, 0.2) is 11.5 Å². The van der Waals surface area contributed by atoms with Crippen molar-refractivity contribution >= 4 is 11.6 Å². The minimum absolute atomic E-state index is 0.0892. The first-order chi connectivity index (χ1) is 11.5. The predicted molar refractivity (Wildman–Crippen MR) is 98.1 cm³/mol. The van der Waals surface area contributed by atoms with Gasteiger partial charge in [-0.15, -0.1) is 6.58 Å². The van der Waals surface area contributed by atoms with Crippen molar-refractivity contribution in [2.24, 2.45) is 0 Å². The van der Waals surface area contributed by atoms with E-state index in [0.29, 0.717) is 0 Å². The van der Waals surface area contributed by atoms with Gasteiger partial charge in [0, 0.05) is 25.6 Å². The molecular formula is C20H22ClNO2. The molecule has 3 rings (SSSR count). The van der Waals surface area contributed by atoms with E-state index < -0.39 is 0 Å². The van der Waals surface area contributed by atoms with Crippen LogP contribution in [0.15, 0.2) is 43.0 Å². The molecule has 0 saturated carbocycles. The summed E-state index contributed by atoms with van der Waals surface area (Å²) in [5.74, 6) is -0.296. The first-order valence-corrected chi connectivity index (χ1v) is 8.52. The van der Waals surface area contributed by atoms with E-state index in [-0.39, 0.29) is 22.4 Å². The molecule has 1 atom stereocenters. The molecule has 4 heteroatoms. The Balaban J connectivity index is 2.15. The van der Waals surface area contributed by atoms with E-state index in [2.05, 4.69) is 42.7 Å². The highest BCUT2D eigenvalue weighted by atomic mass is 35.5. The van der Waals surface area contributed by atoms with Gasteiger partial charge in [0.2, 0.25) is 0 Å². The Hall–Kier alpha value is -1.97. The fourth-order valence-corrected chi connectivity index (χ4v) is 3.79. The normalized spacial score (nSPS) is 18.0. The number of rotatable bonds is 3. The maximum Gasteiger partial charge on any atom is 0.176 e. The molecule has 0 saturated heterocycles. The van der Waals surface area contributed by atoms with Crippen molar-refractivity contribution in [2.75, 3.05) is 19.6 Å². The van der Waals surface area contributed by atoms with Crippen molar-refractivity contribution in [3.8, 4) is 11.5 Å². The molecule has 1 aliphatic rings. The standard InChI is InChI=1S/C20H22ClNO2/c1-3-8-22-9-7-15-16(11-18(23)20(24)19(15)21)17(12-22)14-6-4-5-13(2)10-14/h3-6,10-11,17,23-24H,1,7-9,12H2,2H3/t17-/m1/s1. The van der Waals surface area contributed by atoms with Gasteiger partial charge < -0.3 is 10.2 Å². The molecule has 2 aromatic rings. The van der Waals surface area contributed by atoms with Gasteiger partial charge in [0.05, 0.1) is 5.02 Å². The molecule has 0 aliphatic carbocycles. The number of benzene rings is 2. The summed E-state index contributed by atoms with van der Waals surface area (Å²) < 4.78 is 0. The smallest absolute Gasteiger partial charge is 0.176 e. The molecule has 1 heterocycles. The zero-order valence-corrected chi connectivity index (χ0v) is 14.6. The molecule has 0 spiro atoms. The molecule has 126 valence electrons. The molecule has 0 amide bonds. The van der Waals surface area contributed by atoms with E-state index >= 15 is 0 Å². The highest BCUT2D eigenvalue weighted by Crippen LogP contribution is 2.43. The number of phenolic OH excluding ortho intramolecular Hbond substituents is 2. The molecular weight excluding hydrogens is 322 g/mol. The molecule has 24 heavy (non-hydrogen) atoms. The van der Waals surface area contributed by atoms with Crippen LogP contribution in [-0.2, 0) is 6.42 Å². The Bertz CT molecular complexity index is 772. The molecule has 0 radical (unpaired) electrons. The zero-order valence-electron chi connectivity index (χ0n) is 13.8. The monoisotopic (exact) mass is 343 g/mol. The molecule has 0 aromatic heterocycles. The summed E-state index contributed by atoms with van der Waals surface area (Å²) in [4.78, 5) is 2.32. The Kier molecular flexibility index (Phi) is 4.83. The van der Waals surface area contributed by atoms with Crippen molar-refractivity contribution in [2.45, 2.75) is 19.3 Å². The van der Waals surface area contributed by atoms with E-state index in [1.807, 2.05) is 6.08 Å². The average molecular weight is 344 g/mol. The number of aromatic hydroxyl groups is 2. The van der Waals surface area contributed by atoms with Crippen LogP contribution < -0.4 is 0 Å². The van der Waals surface area contributed by atoms with Gasteiger partial charge in [-0.25, -0.2) is 0 Å². The SMILES string of the molecule is C=CCN1CCc2c(cc(O)c(O)c2Cl)[C@@H](c2cccc(C)c2)C1. The van der Waals surface area contributed by atoms with Gasteiger partial charge in [-0.3, -0.25) is 4.90 Å². The van der Waals surface area contributed by atoms with Gasteiger partial charge in [0.1, 0.15) is 0 Å². The summed E-state index contributed by atoms with van der Waals surface area (Å²) in [6.45, 7) is 8.38. The number of fused-ring (bicyclic) bond motifs is 1. The predicted octanol–water partition coefficient (Wildman–Crippen LogP) is 4.24. The quantitative estimate of drug-likeness (QED) is 0.647. The van der Waals surface area contributed by atoms with E-state index in [1.165, 1.54) is 11.1 Å². The third-order valence-corrected chi connectivity index (χ3v) is 5.09. The largest absolute Gasteiger partial charge is 0.504 e. The first-order valence-electron chi connectivity index (χ1n) is 8.14. The minimum Gasteiger partial charge on any atom is -0.504 e. The maximum absolute atomic E-state index is 10.1. The van der Waals surface area contributed by atoms with Crippen LogP contribution in [0.4, 0.5) is 0 Å². The van der Waals surface area contributed by atoms with Crippen LogP contribution in [-0.4, -0.2) is 34.7 Å². The first kappa shape index (κ1) is 16.9. The van der Waals surface area contributed by atoms with Gasteiger partial charge in [-0.1, -0.05) is 47.5 Å². The molecule has 0 bridgehead atoms. The highest BCUT2D eigenvalue weighted by molar-refractivity contribution is 6.33. The Morgan fingerprint density at radius 3 is 2.83 bits per heavy atom. The molecule has 2 aromatic carbocycles. The van der Waals surface area contributed by atoms with Crippen molar-refractivity contribution in [3.63, 3.8) is 0 Å². The Morgan fingerprint density at radius 1 is 1.33 bits per heavy atom. The number of nitrogens with zero attached hydrogens (tertiary/aromatic N) is 1. The van der Waals surface area contributed by atoms with Crippen LogP contribution in [0.1, 0.15) is 28.2 Å². The second kappa shape index (κ2) is 6.88. The zero-order chi connectivity index (χ0) is 17.3. The lowest BCUT2D eigenvalue weighted by Gasteiger charge is -2.25. The van der Waals surface area contributed by atoms with Gasteiger partial charge in [-0.05, 0) is 36.1 Å². The van der Waals surface area contributed by atoms with Gasteiger partial charge in [-0.2, -0.15) is 0 Å². The second-order valence-corrected chi connectivity index (χ2v) is 6.77. The topological polar surface area (TPSA) is 43.7 Å². The molecule has 0 fully saturated rings. The Labute approximate surface area is 147 Å². The van der Waals surface area contributed by atoms with Crippen LogP contribution in [0.3, 0.4) is 0 Å². The second-order valence-electron chi connectivity index (χ2n) is 6.39. The number of aryl methyl sites for hydroxylation is 1. The average Bonchev–Trinajstić information content (AvgIpc) is 2.73. The lowest BCUT2D eigenvalue weighted by atomic mass is 9.87. The lowest BCUT2D eigenvalue weighted by Crippen LogP contribution is -2.28. The molecule has 2 N–H and O–H groups in total. The highest BCUT2D eigenvalue weighted by Gasteiger charge is 2.28. The van der Waals surface area contributed by atoms with Crippen LogP contribution in [0, 0.1) is 6.92 Å². The third kappa shape index (κ3) is 3.14. The minimum atomic E-state index is -0.226. The van der Waals surface area contributed by atoms with Crippen LogP contribution in [0.2, 0.25) is 5.02 Å². The van der Waals surface area contributed by atoms with Crippen molar-refractivity contribution in [1.82, 2.24) is 4.90 Å². The van der Waals surface area contributed by atoms with E-state index in [9.17, 15) is 10.2 Å². The Morgan fingerprint density at radius 2 is 2.12 bits per heavy atom. The van der Waals surface area contributed by atoms with Gasteiger partial charge >= 0.3 is 0 Å². The fourth-order valence-electron chi connectivity index (χ4n) is 3.49. The summed E-state index contributed by atoms with van der Waals surface area (Å²) in [6, 6.07) is 10.1. The third-order valence-electron chi connectivity index (χ3n) is 4.68. The molecule has 3 nitrogen and oxygen atoms in total.